The average molecular weight is 181 g/mol. The number of hydrogen-bond acceptors (Lipinski definition) is 4. The molecule has 0 aromatic carbocycles. The van der Waals surface area contributed by atoms with E-state index in [1.54, 1.807) is 0 Å². The molecule has 3 nitrogen and oxygen atoms in total. The Morgan fingerprint density at radius 1 is 1.75 bits per heavy atom. The second-order valence-electron chi connectivity index (χ2n) is 3.18. The predicted molar refractivity (Wildman–Crippen MR) is 48.6 cm³/mol. The monoisotopic (exact) mass is 181 g/mol. The van der Waals surface area contributed by atoms with Gasteiger partial charge in [0.25, 0.3) is 0 Å². The van der Waals surface area contributed by atoms with Crippen LogP contribution in [-0.2, 0) is 12.0 Å². The lowest BCUT2D eigenvalue weighted by atomic mass is 10.0. The van der Waals surface area contributed by atoms with Crippen LogP contribution >= 0.6 is 11.3 Å². The van der Waals surface area contributed by atoms with Gasteiger partial charge in [-0.2, -0.15) is 5.26 Å². The fourth-order valence-corrected chi connectivity index (χ4v) is 1.66. The molecule has 0 saturated heterocycles. The third-order valence-electron chi connectivity index (χ3n) is 1.44. The van der Waals surface area contributed by atoms with E-state index in [1.165, 1.54) is 11.3 Å². The summed E-state index contributed by atoms with van der Waals surface area (Å²) in [7, 11) is 0. The number of aromatic nitrogens is 1. The van der Waals surface area contributed by atoms with Crippen LogP contribution in [0.25, 0.3) is 0 Å². The molecule has 0 aliphatic carbocycles. The number of nitrogens with two attached hydrogens (primary N) is 1. The number of nitriles is 1. The maximum Gasteiger partial charge on any atom is 0.107 e. The first-order chi connectivity index (χ1) is 5.54. The minimum atomic E-state index is -0.399. The maximum absolute atomic E-state index is 8.42. The van der Waals surface area contributed by atoms with E-state index >= 15 is 0 Å². The summed E-state index contributed by atoms with van der Waals surface area (Å²) in [6.45, 7) is 3.80. The Morgan fingerprint density at radius 3 is 2.83 bits per heavy atom. The summed E-state index contributed by atoms with van der Waals surface area (Å²) >= 11 is 1.49. The van der Waals surface area contributed by atoms with Gasteiger partial charge in [0.2, 0.25) is 0 Å². The molecule has 1 aromatic rings. The summed E-state index contributed by atoms with van der Waals surface area (Å²) in [5.41, 5.74) is 6.29. The Labute approximate surface area is 75.8 Å². The minimum Gasteiger partial charge on any atom is -0.321 e. The highest BCUT2D eigenvalue weighted by atomic mass is 32.1. The van der Waals surface area contributed by atoms with Crippen molar-refractivity contribution in [3.05, 3.63) is 16.1 Å². The van der Waals surface area contributed by atoms with E-state index in [0.717, 1.165) is 10.7 Å². The van der Waals surface area contributed by atoms with Crippen LogP contribution in [0.3, 0.4) is 0 Å². The molecule has 0 amide bonds. The van der Waals surface area contributed by atoms with E-state index in [4.69, 9.17) is 11.0 Å². The normalized spacial score (nSPS) is 11.2. The molecular weight excluding hydrogens is 170 g/mol. The van der Waals surface area contributed by atoms with Crippen LogP contribution in [-0.4, -0.2) is 4.98 Å². The van der Waals surface area contributed by atoms with Crippen LogP contribution < -0.4 is 5.73 Å². The van der Waals surface area contributed by atoms with E-state index in [2.05, 4.69) is 11.1 Å². The summed E-state index contributed by atoms with van der Waals surface area (Å²) in [4.78, 5) is 4.24. The van der Waals surface area contributed by atoms with Gasteiger partial charge in [-0.3, -0.25) is 0 Å². The second kappa shape index (κ2) is 3.21. The van der Waals surface area contributed by atoms with Crippen molar-refractivity contribution in [2.75, 3.05) is 0 Å². The molecule has 1 rings (SSSR count). The van der Waals surface area contributed by atoms with Crippen LogP contribution in [0.5, 0.6) is 0 Å². The van der Waals surface area contributed by atoms with E-state index in [-0.39, 0.29) is 0 Å². The zero-order valence-electron chi connectivity index (χ0n) is 7.16. The van der Waals surface area contributed by atoms with Crippen LogP contribution in [0.1, 0.15) is 24.5 Å². The summed E-state index contributed by atoms with van der Waals surface area (Å²) in [5, 5.41) is 11.2. The molecule has 0 unspecified atom stereocenters. The van der Waals surface area contributed by atoms with Gasteiger partial charge >= 0.3 is 0 Å². The highest BCUT2D eigenvalue weighted by Crippen LogP contribution is 2.19. The van der Waals surface area contributed by atoms with Crippen molar-refractivity contribution in [3.8, 4) is 6.07 Å². The molecule has 2 N–H and O–H groups in total. The van der Waals surface area contributed by atoms with Crippen molar-refractivity contribution in [1.82, 2.24) is 4.98 Å². The molecule has 4 heteroatoms. The molecule has 0 fully saturated rings. The number of hydrogen-bond donors (Lipinski definition) is 1. The van der Waals surface area contributed by atoms with Gasteiger partial charge in [0.15, 0.2) is 0 Å². The zero-order chi connectivity index (χ0) is 9.19. The Morgan fingerprint density at radius 2 is 2.42 bits per heavy atom. The van der Waals surface area contributed by atoms with Crippen molar-refractivity contribution < 1.29 is 0 Å². The molecule has 64 valence electrons. The van der Waals surface area contributed by atoms with Crippen molar-refractivity contribution >= 4 is 11.3 Å². The van der Waals surface area contributed by atoms with Crippen LogP contribution in [0, 0.1) is 11.3 Å². The molecule has 0 aliphatic rings. The van der Waals surface area contributed by atoms with Gasteiger partial charge in [-0.15, -0.1) is 11.3 Å². The molecule has 1 aromatic heterocycles. The van der Waals surface area contributed by atoms with E-state index in [1.807, 2.05) is 19.2 Å². The van der Waals surface area contributed by atoms with Gasteiger partial charge in [0.05, 0.1) is 23.7 Å². The fourth-order valence-electron chi connectivity index (χ4n) is 0.756. The smallest absolute Gasteiger partial charge is 0.107 e. The van der Waals surface area contributed by atoms with Crippen molar-refractivity contribution in [1.29, 1.82) is 5.26 Å². The quantitative estimate of drug-likeness (QED) is 0.750. The lowest BCUT2D eigenvalue weighted by molar-refractivity contribution is 0.537. The summed E-state index contributed by atoms with van der Waals surface area (Å²) in [5.74, 6) is 0. The predicted octanol–water partition coefficient (Wildman–Crippen LogP) is 1.40. The minimum absolute atomic E-state index is 0.376. The van der Waals surface area contributed by atoms with E-state index in [0.29, 0.717) is 6.42 Å². The van der Waals surface area contributed by atoms with Crippen molar-refractivity contribution in [3.63, 3.8) is 0 Å². The largest absolute Gasteiger partial charge is 0.321 e. The summed E-state index contributed by atoms with van der Waals surface area (Å²) in [6, 6.07) is 2.06. The lowest BCUT2D eigenvalue weighted by Crippen LogP contribution is -2.29. The first-order valence-electron chi connectivity index (χ1n) is 3.65. The van der Waals surface area contributed by atoms with Gasteiger partial charge in [-0.05, 0) is 13.8 Å². The molecule has 0 aliphatic heterocycles. The topological polar surface area (TPSA) is 62.7 Å². The number of nitrogens with zero attached hydrogens (tertiary/aromatic N) is 2. The average Bonchev–Trinajstić information content (AvgIpc) is 2.35. The van der Waals surface area contributed by atoms with Crippen LogP contribution in [0.2, 0.25) is 0 Å². The molecular formula is C8H11N3S. The van der Waals surface area contributed by atoms with Gasteiger partial charge in [0, 0.05) is 5.38 Å². The van der Waals surface area contributed by atoms with Gasteiger partial charge in [-0.25, -0.2) is 4.98 Å². The van der Waals surface area contributed by atoms with Crippen LogP contribution in [0.15, 0.2) is 5.38 Å². The molecule has 0 saturated carbocycles. The van der Waals surface area contributed by atoms with E-state index < -0.39 is 5.54 Å². The first kappa shape index (κ1) is 9.17. The van der Waals surface area contributed by atoms with E-state index in [9.17, 15) is 0 Å². The van der Waals surface area contributed by atoms with Crippen molar-refractivity contribution in [2.45, 2.75) is 25.8 Å². The lowest BCUT2D eigenvalue weighted by Gasteiger charge is -2.14. The summed E-state index contributed by atoms with van der Waals surface area (Å²) < 4.78 is 0. The van der Waals surface area contributed by atoms with Crippen molar-refractivity contribution in [2.24, 2.45) is 5.73 Å². The second-order valence-corrected chi connectivity index (χ2v) is 4.13. The van der Waals surface area contributed by atoms with Gasteiger partial charge in [-0.1, -0.05) is 0 Å². The molecule has 0 radical (unpaired) electrons. The molecule has 0 atom stereocenters. The standard InChI is InChI=1S/C8H11N3S/c1-8(2,10)6-5-12-7(11-6)3-4-9/h5H,3,10H2,1-2H3. The highest BCUT2D eigenvalue weighted by molar-refractivity contribution is 7.09. The Hall–Kier alpha value is -0.920. The highest BCUT2D eigenvalue weighted by Gasteiger charge is 2.17. The van der Waals surface area contributed by atoms with Crippen LogP contribution in [0.4, 0.5) is 0 Å². The molecule has 0 spiro atoms. The zero-order valence-corrected chi connectivity index (χ0v) is 7.98. The first-order valence-corrected chi connectivity index (χ1v) is 4.52. The maximum atomic E-state index is 8.42. The molecule has 12 heavy (non-hydrogen) atoms. The number of rotatable bonds is 2. The molecule has 1 heterocycles. The Balaban J connectivity index is 2.86. The Kier molecular flexibility index (Phi) is 2.46. The molecule has 0 bridgehead atoms. The SMILES string of the molecule is CC(C)(N)c1csc(CC#N)n1. The van der Waals surface area contributed by atoms with Gasteiger partial charge in [0.1, 0.15) is 5.01 Å². The number of thiazole rings is 1. The van der Waals surface area contributed by atoms with Gasteiger partial charge < -0.3 is 5.73 Å². The third-order valence-corrected chi connectivity index (χ3v) is 2.29. The third kappa shape index (κ3) is 2.03. The summed E-state index contributed by atoms with van der Waals surface area (Å²) in [6.07, 6.45) is 0.376. The fraction of sp³-hybridized carbons (Fsp3) is 0.500. The Bertz CT molecular complexity index is 303.